The van der Waals surface area contributed by atoms with Crippen LogP contribution < -0.4 is 5.32 Å². The number of anilines is 1. The minimum Gasteiger partial charge on any atom is -0.478 e. The Morgan fingerprint density at radius 2 is 2.26 bits per heavy atom. The van der Waals surface area contributed by atoms with Crippen molar-refractivity contribution in [3.05, 3.63) is 22.9 Å². The number of hydrogen-bond acceptors (Lipinski definition) is 5. The Bertz CT molecular complexity index is 609. The fraction of sp³-hybridized carbons (Fsp3) is 0.647. The molecule has 2 N–H and O–H groups in total. The van der Waals surface area contributed by atoms with E-state index in [1.165, 1.54) is 6.42 Å². The topological polar surface area (TPSA) is 74.7 Å². The van der Waals surface area contributed by atoms with Crippen LogP contribution in [-0.2, 0) is 17.7 Å². The average Bonchev–Trinajstić information content (AvgIpc) is 3.04. The molecule has 0 amide bonds. The first-order valence-corrected chi connectivity index (χ1v) is 8.54. The first-order chi connectivity index (χ1) is 11.2. The number of aromatic nitrogens is 1. The second kappa shape index (κ2) is 6.09. The minimum atomic E-state index is -0.867. The molecular weight excluding hydrogens is 294 g/mol. The molecule has 3 heterocycles. The number of nitrogens with one attached hydrogen (secondary N) is 1. The van der Waals surface area contributed by atoms with E-state index in [-0.39, 0.29) is 0 Å². The molecule has 6 heteroatoms. The van der Waals surface area contributed by atoms with Crippen molar-refractivity contribution >= 4 is 11.8 Å². The molecule has 124 valence electrons. The van der Waals surface area contributed by atoms with Crippen LogP contribution in [0.25, 0.3) is 0 Å². The molecule has 4 rings (SSSR count). The van der Waals surface area contributed by atoms with Gasteiger partial charge in [0.1, 0.15) is 11.4 Å². The summed E-state index contributed by atoms with van der Waals surface area (Å²) in [5.41, 5.74) is 2.40. The largest absolute Gasteiger partial charge is 0.478 e. The maximum absolute atomic E-state index is 11.8. The van der Waals surface area contributed by atoms with E-state index in [4.69, 9.17) is 4.74 Å². The summed E-state index contributed by atoms with van der Waals surface area (Å²) in [6, 6.07) is 0.846. The number of carbonyl (C=O) groups is 1. The molecule has 3 aliphatic rings. The Morgan fingerprint density at radius 3 is 2.91 bits per heavy atom. The maximum atomic E-state index is 11.8. The maximum Gasteiger partial charge on any atom is 0.339 e. The highest BCUT2D eigenvalue weighted by molar-refractivity contribution is 5.95. The smallest absolute Gasteiger partial charge is 0.339 e. The number of nitrogens with zero attached hydrogens (tertiary/aromatic N) is 2. The fourth-order valence-electron chi connectivity index (χ4n) is 3.77. The molecule has 6 nitrogen and oxygen atoms in total. The molecule has 2 fully saturated rings. The van der Waals surface area contributed by atoms with Crippen LogP contribution in [0.5, 0.6) is 0 Å². The summed E-state index contributed by atoms with van der Waals surface area (Å²) >= 11 is 0. The van der Waals surface area contributed by atoms with Crippen molar-refractivity contribution in [2.75, 3.05) is 25.1 Å². The zero-order valence-corrected chi connectivity index (χ0v) is 13.3. The number of carboxylic acid groups (broad SMARTS) is 1. The summed E-state index contributed by atoms with van der Waals surface area (Å²) in [5, 5.41) is 13.0. The molecule has 0 bridgehead atoms. The number of rotatable bonds is 4. The molecule has 2 aliphatic heterocycles. The molecule has 1 saturated carbocycles. The van der Waals surface area contributed by atoms with Crippen molar-refractivity contribution in [2.45, 2.75) is 50.7 Å². The molecule has 0 radical (unpaired) electrons. The Hall–Kier alpha value is -1.66. The molecular formula is C17H23N3O3. The number of fused-ring (bicyclic) bond motifs is 1. The third-order valence-electron chi connectivity index (χ3n) is 5.38. The SMILES string of the molecule is O=C(O)c1c(NC2CCC2)ncc2c1CCN(C1CCOC1)C2. The Morgan fingerprint density at radius 1 is 1.39 bits per heavy atom. The highest BCUT2D eigenvalue weighted by Crippen LogP contribution is 2.31. The van der Waals surface area contributed by atoms with Crippen LogP contribution in [-0.4, -0.2) is 52.8 Å². The first kappa shape index (κ1) is 14.9. The lowest BCUT2D eigenvalue weighted by atomic mass is 9.91. The van der Waals surface area contributed by atoms with Gasteiger partial charge in [0.2, 0.25) is 0 Å². The van der Waals surface area contributed by atoms with E-state index in [1.807, 2.05) is 6.20 Å². The van der Waals surface area contributed by atoms with Crippen LogP contribution in [0.4, 0.5) is 5.82 Å². The lowest BCUT2D eigenvalue weighted by Crippen LogP contribution is -2.40. The van der Waals surface area contributed by atoms with Crippen molar-refractivity contribution in [3.63, 3.8) is 0 Å². The van der Waals surface area contributed by atoms with Crippen LogP contribution in [0.3, 0.4) is 0 Å². The van der Waals surface area contributed by atoms with Gasteiger partial charge in [-0.3, -0.25) is 4.90 Å². The predicted molar refractivity (Wildman–Crippen MR) is 85.8 cm³/mol. The number of pyridine rings is 1. The molecule has 0 spiro atoms. The van der Waals surface area contributed by atoms with Gasteiger partial charge in [-0.05, 0) is 43.2 Å². The molecule has 23 heavy (non-hydrogen) atoms. The molecule has 1 aromatic heterocycles. The zero-order chi connectivity index (χ0) is 15.8. The average molecular weight is 317 g/mol. The van der Waals surface area contributed by atoms with E-state index in [0.717, 1.165) is 63.1 Å². The van der Waals surface area contributed by atoms with Gasteiger partial charge >= 0.3 is 5.97 Å². The summed E-state index contributed by atoms with van der Waals surface area (Å²) in [7, 11) is 0. The lowest BCUT2D eigenvalue weighted by Gasteiger charge is -2.34. The van der Waals surface area contributed by atoms with Crippen LogP contribution in [0.1, 0.15) is 47.2 Å². The van der Waals surface area contributed by atoms with Crippen molar-refractivity contribution in [1.29, 1.82) is 0 Å². The third kappa shape index (κ3) is 2.81. The van der Waals surface area contributed by atoms with E-state index >= 15 is 0 Å². The van der Waals surface area contributed by atoms with Gasteiger partial charge in [0, 0.05) is 38.0 Å². The fourth-order valence-corrected chi connectivity index (χ4v) is 3.77. The highest BCUT2D eigenvalue weighted by Gasteiger charge is 2.31. The quantitative estimate of drug-likeness (QED) is 0.883. The number of aromatic carboxylic acids is 1. The summed E-state index contributed by atoms with van der Waals surface area (Å²) in [6.07, 6.45) is 7.12. The Balaban J connectivity index is 1.60. The molecule has 0 aromatic carbocycles. The van der Waals surface area contributed by atoms with Gasteiger partial charge in [0.15, 0.2) is 0 Å². The second-order valence-corrected chi connectivity index (χ2v) is 6.80. The molecule has 1 unspecified atom stereocenters. The minimum absolute atomic E-state index is 0.384. The van der Waals surface area contributed by atoms with E-state index in [2.05, 4.69) is 15.2 Å². The van der Waals surface area contributed by atoms with Crippen LogP contribution in [0.2, 0.25) is 0 Å². The summed E-state index contributed by atoms with van der Waals surface area (Å²) < 4.78 is 5.48. The molecule has 1 atom stereocenters. The monoisotopic (exact) mass is 317 g/mol. The van der Waals surface area contributed by atoms with Crippen molar-refractivity contribution in [2.24, 2.45) is 0 Å². The second-order valence-electron chi connectivity index (χ2n) is 6.80. The summed E-state index contributed by atoms with van der Waals surface area (Å²) in [5.74, 6) is -0.313. The van der Waals surface area contributed by atoms with E-state index in [9.17, 15) is 9.90 Å². The predicted octanol–water partition coefficient (Wildman–Crippen LogP) is 1.89. The molecule has 1 saturated heterocycles. The highest BCUT2D eigenvalue weighted by atomic mass is 16.5. The van der Waals surface area contributed by atoms with Gasteiger partial charge in [0.25, 0.3) is 0 Å². The van der Waals surface area contributed by atoms with Gasteiger partial charge < -0.3 is 15.2 Å². The van der Waals surface area contributed by atoms with Crippen molar-refractivity contribution in [1.82, 2.24) is 9.88 Å². The van der Waals surface area contributed by atoms with Crippen molar-refractivity contribution in [3.8, 4) is 0 Å². The molecule has 1 aromatic rings. The van der Waals surface area contributed by atoms with Gasteiger partial charge in [-0.25, -0.2) is 9.78 Å². The number of hydrogen-bond donors (Lipinski definition) is 2. The molecule has 1 aliphatic carbocycles. The Kier molecular flexibility index (Phi) is 3.95. The first-order valence-electron chi connectivity index (χ1n) is 8.54. The summed E-state index contributed by atoms with van der Waals surface area (Å²) in [6.45, 7) is 3.29. The number of carboxylic acids is 1. The van der Waals surface area contributed by atoms with Crippen LogP contribution in [0.15, 0.2) is 6.20 Å². The van der Waals surface area contributed by atoms with Crippen LogP contribution >= 0.6 is 0 Å². The van der Waals surface area contributed by atoms with Gasteiger partial charge in [0.05, 0.1) is 6.61 Å². The Labute approximate surface area is 135 Å². The third-order valence-corrected chi connectivity index (χ3v) is 5.38. The summed E-state index contributed by atoms with van der Waals surface area (Å²) in [4.78, 5) is 18.7. The zero-order valence-electron chi connectivity index (χ0n) is 13.3. The normalized spacial score (nSPS) is 25.0. The standard InChI is InChI=1S/C17H23N3O3/c21-17(22)15-14-4-6-20(13-5-7-23-10-13)9-11(14)8-18-16(15)19-12-2-1-3-12/h8,12-13H,1-7,9-10H2,(H,18,19)(H,21,22). The van der Waals surface area contributed by atoms with Gasteiger partial charge in [-0.15, -0.1) is 0 Å². The van der Waals surface area contributed by atoms with Gasteiger partial charge in [-0.1, -0.05) is 0 Å². The van der Waals surface area contributed by atoms with E-state index in [1.54, 1.807) is 0 Å². The van der Waals surface area contributed by atoms with Crippen LogP contribution in [0, 0.1) is 0 Å². The van der Waals surface area contributed by atoms with E-state index < -0.39 is 5.97 Å². The van der Waals surface area contributed by atoms with Crippen molar-refractivity contribution < 1.29 is 14.6 Å². The number of ether oxygens (including phenoxy) is 1. The van der Waals surface area contributed by atoms with Gasteiger partial charge in [-0.2, -0.15) is 0 Å². The lowest BCUT2D eigenvalue weighted by molar-refractivity contribution is 0.0694. The van der Waals surface area contributed by atoms with E-state index in [0.29, 0.717) is 23.5 Å².